The quantitative estimate of drug-likeness (QED) is 0.660. The number of benzene rings is 1. The second kappa shape index (κ2) is 7.39. The lowest BCUT2D eigenvalue weighted by atomic mass is 10.1. The number of hydrogen-bond acceptors (Lipinski definition) is 5. The highest BCUT2D eigenvalue weighted by Gasteiger charge is 2.30. The van der Waals surface area contributed by atoms with E-state index >= 15 is 0 Å². The number of nitrogens with one attached hydrogen (secondary N) is 1. The van der Waals surface area contributed by atoms with Gasteiger partial charge in [-0.15, -0.1) is 0 Å². The highest BCUT2D eigenvalue weighted by atomic mass is 19.4. The third kappa shape index (κ3) is 3.90. The standard InChI is InChI=1S/C18H20F3N5O3/c1-10(27)8-22-16-23-14-13(15(28)25(3)17(29)24(14)2)26(16)9-11-5-4-6-12(7-11)18(19,20)21/h4-7,10,27H,8-9H2,1-3H3,(H,22,23)/t10-/m1/s1. The van der Waals surface area contributed by atoms with Gasteiger partial charge in [-0.25, -0.2) is 4.79 Å². The number of alkyl halides is 3. The molecule has 0 aliphatic rings. The van der Waals surface area contributed by atoms with Crippen molar-refractivity contribution in [1.29, 1.82) is 0 Å². The van der Waals surface area contributed by atoms with Crippen LogP contribution in [-0.2, 0) is 26.8 Å². The van der Waals surface area contributed by atoms with E-state index in [0.29, 0.717) is 5.56 Å². The number of hydrogen-bond donors (Lipinski definition) is 2. The Morgan fingerprint density at radius 3 is 2.52 bits per heavy atom. The maximum absolute atomic E-state index is 13.1. The molecule has 3 rings (SSSR count). The molecule has 0 saturated heterocycles. The van der Waals surface area contributed by atoms with E-state index in [1.165, 1.54) is 35.4 Å². The Kier molecular flexibility index (Phi) is 5.26. The lowest BCUT2D eigenvalue weighted by Crippen LogP contribution is -2.37. The van der Waals surface area contributed by atoms with Gasteiger partial charge in [-0.3, -0.25) is 18.5 Å². The van der Waals surface area contributed by atoms with Crippen molar-refractivity contribution >= 4 is 17.1 Å². The molecule has 2 aromatic heterocycles. The van der Waals surface area contributed by atoms with Crippen LogP contribution in [0.4, 0.5) is 19.1 Å². The van der Waals surface area contributed by atoms with E-state index in [9.17, 15) is 27.9 Å². The molecule has 8 nitrogen and oxygen atoms in total. The molecule has 0 unspecified atom stereocenters. The van der Waals surface area contributed by atoms with Gasteiger partial charge in [0.2, 0.25) is 5.95 Å². The van der Waals surface area contributed by atoms with E-state index in [-0.39, 0.29) is 30.2 Å². The third-order valence-electron chi connectivity index (χ3n) is 4.50. The van der Waals surface area contributed by atoms with Crippen LogP contribution >= 0.6 is 0 Å². The predicted octanol–water partition coefficient (Wildman–Crippen LogP) is 1.29. The first-order chi connectivity index (χ1) is 13.5. The first kappa shape index (κ1) is 20.6. The van der Waals surface area contributed by atoms with E-state index < -0.39 is 29.1 Å². The molecule has 2 heterocycles. The van der Waals surface area contributed by atoms with Crippen LogP contribution in [0.15, 0.2) is 33.9 Å². The van der Waals surface area contributed by atoms with Crippen LogP contribution in [0.2, 0.25) is 0 Å². The van der Waals surface area contributed by atoms with Crippen LogP contribution in [0.1, 0.15) is 18.1 Å². The van der Waals surface area contributed by atoms with Gasteiger partial charge < -0.3 is 10.4 Å². The van der Waals surface area contributed by atoms with Crippen LogP contribution in [-0.4, -0.2) is 36.4 Å². The van der Waals surface area contributed by atoms with Crippen molar-refractivity contribution in [3.63, 3.8) is 0 Å². The molecule has 2 N–H and O–H groups in total. The van der Waals surface area contributed by atoms with Gasteiger partial charge in [-0.1, -0.05) is 12.1 Å². The summed E-state index contributed by atoms with van der Waals surface area (Å²) in [6, 6.07) is 4.75. The highest BCUT2D eigenvalue weighted by Crippen LogP contribution is 2.30. The molecule has 0 radical (unpaired) electrons. The van der Waals surface area contributed by atoms with Gasteiger partial charge in [0, 0.05) is 20.6 Å². The number of imidazole rings is 1. The van der Waals surface area contributed by atoms with Crippen LogP contribution < -0.4 is 16.6 Å². The van der Waals surface area contributed by atoms with Crippen molar-refractivity contribution in [1.82, 2.24) is 18.7 Å². The Morgan fingerprint density at radius 2 is 1.90 bits per heavy atom. The fourth-order valence-electron chi connectivity index (χ4n) is 3.00. The maximum Gasteiger partial charge on any atom is 0.416 e. The normalized spacial score (nSPS) is 13.1. The molecule has 156 valence electrons. The number of aliphatic hydroxyl groups is 1. The van der Waals surface area contributed by atoms with Crippen LogP contribution in [0, 0.1) is 0 Å². The minimum Gasteiger partial charge on any atom is -0.392 e. The van der Waals surface area contributed by atoms with Gasteiger partial charge in [0.05, 0.1) is 18.2 Å². The summed E-state index contributed by atoms with van der Waals surface area (Å²) in [5.41, 5.74) is -1.53. The number of nitrogens with zero attached hydrogens (tertiary/aromatic N) is 4. The van der Waals surface area contributed by atoms with E-state index in [1.807, 2.05) is 0 Å². The van der Waals surface area contributed by atoms with Gasteiger partial charge in [-0.05, 0) is 24.6 Å². The zero-order valence-electron chi connectivity index (χ0n) is 16.0. The summed E-state index contributed by atoms with van der Waals surface area (Å²) < 4.78 is 42.7. The Bertz CT molecular complexity index is 1170. The van der Waals surface area contributed by atoms with E-state index in [4.69, 9.17) is 0 Å². The summed E-state index contributed by atoms with van der Waals surface area (Å²) in [6.45, 7) is 1.55. The molecule has 1 atom stereocenters. The Labute approximate surface area is 162 Å². The van der Waals surface area contributed by atoms with Crippen molar-refractivity contribution < 1.29 is 18.3 Å². The Morgan fingerprint density at radius 1 is 1.21 bits per heavy atom. The van der Waals surface area contributed by atoms with Crippen molar-refractivity contribution in [3.8, 4) is 0 Å². The molecule has 0 amide bonds. The second-order valence-electron chi connectivity index (χ2n) is 6.83. The minimum absolute atomic E-state index is 0.0695. The summed E-state index contributed by atoms with van der Waals surface area (Å²) >= 11 is 0. The molecule has 3 aromatic rings. The molecule has 0 spiro atoms. The lowest BCUT2D eigenvalue weighted by molar-refractivity contribution is -0.137. The molecule has 0 aliphatic heterocycles. The van der Waals surface area contributed by atoms with E-state index in [2.05, 4.69) is 10.3 Å². The average Bonchev–Trinajstić information content (AvgIpc) is 3.01. The molecule has 1 aromatic carbocycles. The average molecular weight is 411 g/mol. The largest absolute Gasteiger partial charge is 0.416 e. The van der Waals surface area contributed by atoms with Gasteiger partial charge in [-0.2, -0.15) is 18.2 Å². The van der Waals surface area contributed by atoms with Gasteiger partial charge in [0.25, 0.3) is 5.56 Å². The molecular weight excluding hydrogens is 391 g/mol. The topological polar surface area (TPSA) is 94.1 Å². The monoisotopic (exact) mass is 411 g/mol. The van der Waals surface area contributed by atoms with Crippen LogP contribution in [0.5, 0.6) is 0 Å². The van der Waals surface area contributed by atoms with Crippen LogP contribution in [0.25, 0.3) is 11.2 Å². The minimum atomic E-state index is -4.50. The van der Waals surface area contributed by atoms with Crippen molar-refractivity contribution in [2.75, 3.05) is 11.9 Å². The zero-order chi connectivity index (χ0) is 21.5. The SMILES string of the molecule is C[C@@H](O)CNc1nc2c(c(=O)n(C)c(=O)n2C)n1Cc1cccc(C(F)(F)F)c1. The fraction of sp³-hybridized carbons (Fsp3) is 0.389. The summed E-state index contributed by atoms with van der Waals surface area (Å²) in [5.74, 6) is 0.164. The number of aliphatic hydroxyl groups excluding tert-OH is 1. The second-order valence-corrected chi connectivity index (χ2v) is 6.83. The first-order valence-electron chi connectivity index (χ1n) is 8.75. The fourth-order valence-corrected chi connectivity index (χ4v) is 3.00. The smallest absolute Gasteiger partial charge is 0.392 e. The lowest BCUT2D eigenvalue weighted by Gasteiger charge is -2.13. The predicted molar refractivity (Wildman–Crippen MR) is 101 cm³/mol. The molecule has 29 heavy (non-hydrogen) atoms. The summed E-state index contributed by atoms with van der Waals surface area (Å²) in [4.78, 5) is 29.2. The van der Waals surface area contributed by atoms with E-state index in [1.54, 1.807) is 6.92 Å². The first-order valence-corrected chi connectivity index (χ1v) is 8.75. The van der Waals surface area contributed by atoms with Crippen molar-refractivity contribution in [2.45, 2.75) is 25.7 Å². The van der Waals surface area contributed by atoms with Crippen molar-refractivity contribution in [3.05, 3.63) is 56.2 Å². The number of aryl methyl sites for hydroxylation is 1. The maximum atomic E-state index is 13.1. The highest BCUT2D eigenvalue weighted by molar-refractivity contribution is 5.74. The van der Waals surface area contributed by atoms with Gasteiger partial charge in [0.15, 0.2) is 11.2 Å². The molecule has 0 bridgehead atoms. The number of fused-ring (bicyclic) bond motifs is 1. The molecular formula is C18H20F3N5O3. The summed E-state index contributed by atoms with van der Waals surface area (Å²) in [7, 11) is 2.76. The Balaban J connectivity index is 2.21. The Hall–Kier alpha value is -3.08. The van der Waals surface area contributed by atoms with E-state index in [0.717, 1.165) is 16.7 Å². The number of rotatable bonds is 5. The van der Waals surface area contributed by atoms with Crippen molar-refractivity contribution in [2.24, 2.45) is 14.1 Å². The number of aromatic nitrogens is 4. The number of anilines is 1. The third-order valence-corrected chi connectivity index (χ3v) is 4.50. The summed E-state index contributed by atoms with van der Waals surface area (Å²) in [6.07, 6.45) is -5.23. The number of halogens is 3. The zero-order valence-corrected chi connectivity index (χ0v) is 16.0. The molecule has 11 heteroatoms. The van der Waals surface area contributed by atoms with Gasteiger partial charge in [0.1, 0.15) is 0 Å². The van der Waals surface area contributed by atoms with Crippen LogP contribution in [0.3, 0.4) is 0 Å². The molecule has 0 saturated carbocycles. The molecule has 0 fully saturated rings. The molecule has 0 aliphatic carbocycles. The van der Waals surface area contributed by atoms with Gasteiger partial charge >= 0.3 is 11.9 Å². The summed E-state index contributed by atoms with van der Waals surface area (Å²) in [5, 5.41) is 12.4.